The Morgan fingerprint density at radius 1 is 1.35 bits per heavy atom. The maximum Gasteiger partial charge on any atom is 0.262 e. The van der Waals surface area contributed by atoms with Gasteiger partial charge in [0, 0.05) is 10.7 Å². The molecule has 0 saturated heterocycles. The van der Waals surface area contributed by atoms with Crippen LogP contribution in [0, 0.1) is 12.7 Å². The molecule has 20 heavy (non-hydrogen) atoms. The lowest BCUT2D eigenvalue weighted by Crippen LogP contribution is -2.14. The van der Waals surface area contributed by atoms with Gasteiger partial charge in [0.2, 0.25) is 0 Å². The minimum atomic E-state index is -3.93. The second kappa shape index (κ2) is 5.67. The number of nitrogens with one attached hydrogen (secondary N) is 1. The molecule has 0 fully saturated rings. The van der Waals surface area contributed by atoms with Crippen molar-refractivity contribution in [2.45, 2.75) is 11.8 Å². The number of benzene rings is 1. The molecular weight excluding hydrogens is 371 g/mol. The Hall–Kier alpha value is -1.18. The lowest BCUT2D eigenvalue weighted by molar-refractivity contribution is 0.593. The number of anilines is 1. The molecule has 0 unspecified atom stereocenters. The largest absolute Gasteiger partial charge is 0.276 e. The molecule has 2 aromatic rings. The smallest absolute Gasteiger partial charge is 0.262 e. The van der Waals surface area contributed by atoms with E-state index in [1.165, 1.54) is 24.4 Å². The molecule has 2 rings (SSSR count). The van der Waals surface area contributed by atoms with E-state index in [-0.39, 0.29) is 15.7 Å². The maximum atomic E-state index is 13.5. The first-order valence-corrected chi connectivity index (χ1v) is 8.05. The molecule has 0 radical (unpaired) electrons. The molecule has 0 spiro atoms. The third-order valence-electron chi connectivity index (χ3n) is 2.50. The molecule has 0 amide bonds. The van der Waals surface area contributed by atoms with Crippen LogP contribution in [0.3, 0.4) is 0 Å². The maximum absolute atomic E-state index is 13.5. The highest BCUT2D eigenvalue weighted by Gasteiger charge is 2.17. The molecule has 1 heterocycles. The molecule has 0 aliphatic heterocycles. The Labute approximate surface area is 129 Å². The first kappa shape index (κ1) is 15.2. The van der Waals surface area contributed by atoms with Crippen molar-refractivity contribution in [3.63, 3.8) is 0 Å². The first-order valence-electron chi connectivity index (χ1n) is 5.39. The number of rotatable bonds is 3. The standard InChI is InChI=1S/C12H9BrClFN2O2S/c1-7-2-3-9(5-10(7)15)20(18,19)17-11-4-8(13)6-16-12(11)14/h2-6,17H,1H3. The predicted molar refractivity (Wildman–Crippen MR) is 78.9 cm³/mol. The summed E-state index contributed by atoms with van der Waals surface area (Å²) in [5.41, 5.74) is 0.480. The van der Waals surface area contributed by atoms with E-state index < -0.39 is 15.8 Å². The summed E-state index contributed by atoms with van der Waals surface area (Å²) >= 11 is 8.98. The van der Waals surface area contributed by atoms with Crippen LogP contribution >= 0.6 is 27.5 Å². The monoisotopic (exact) mass is 378 g/mol. The Bertz CT molecular complexity index is 768. The fourth-order valence-electron chi connectivity index (χ4n) is 1.44. The zero-order valence-corrected chi connectivity index (χ0v) is 13.4. The summed E-state index contributed by atoms with van der Waals surface area (Å²) in [6.07, 6.45) is 1.44. The van der Waals surface area contributed by atoms with E-state index in [1.807, 2.05) is 0 Å². The number of nitrogens with zero attached hydrogens (tertiary/aromatic N) is 1. The fourth-order valence-corrected chi connectivity index (χ4v) is 3.05. The van der Waals surface area contributed by atoms with E-state index in [0.717, 1.165) is 6.07 Å². The topological polar surface area (TPSA) is 59.1 Å². The molecule has 0 atom stereocenters. The highest BCUT2D eigenvalue weighted by molar-refractivity contribution is 9.10. The van der Waals surface area contributed by atoms with Crippen molar-refractivity contribution in [2.24, 2.45) is 0 Å². The minimum absolute atomic E-state index is 0.00404. The zero-order chi connectivity index (χ0) is 14.9. The van der Waals surface area contributed by atoms with Crippen molar-refractivity contribution in [1.82, 2.24) is 4.98 Å². The number of aromatic nitrogens is 1. The van der Waals surface area contributed by atoms with Gasteiger partial charge in [-0.3, -0.25) is 4.72 Å². The van der Waals surface area contributed by atoms with Crippen LogP contribution in [0.1, 0.15) is 5.56 Å². The Morgan fingerprint density at radius 2 is 2.05 bits per heavy atom. The number of aryl methyl sites for hydroxylation is 1. The summed E-state index contributed by atoms with van der Waals surface area (Å²) in [4.78, 5) is 3.62. The number of halogens is 3. The van der Waals surface area contributed by atoms with Gasteiger partial charge in [0.15, 0.2) is 5.15 Å². The fraction of sp³-hybridized carbons (Fsp3) is 0.0833. The Balaban J connectivity index is 2.40. The highest BCUT2D eigenvalue weighted by atomic mass is 79.9. The lowest BCUT2D eigenvalue weighted by Gasteiger charge is -2.10. The predicted octanol–water partition coefficient (Wildman–Crippen LogP) is 3.75. The van der Waals surface area contributed by atoms with Gasteiger partial charge in [-0.1, -0.05) is 17.7 Å². The van der Waals surface area contributed by atoms with Crippen LogP contribution in [0.2, 0.25) is 5.15 Å². The van der Waals surface area contributed by atoms with Crippen molar-refractivity contribution in [2.75, 3.05) is 4.72 Å². The van der Waals surface area contributed by atoms with E-state index in [4.69, 9.17) is 11.6 Å². The highest BCUT2D eigenvalue weighted by Crippen LogP contribution is 2.26. The van der Waals surface area contributed by atoms with Crippen LogP contribution in [0.4, 0.5) is 10.1 Å². The molecule has 1 aromatic heterocycles. The van der Waals surface area contributed by atoms with Crippen molar-refractivity contribution in [3.8, 4) is 0 Å². The van der Waals surface area contributed by atoms with Gasteiger partial charge in [-0.05, 0) is 46.6 Å². The molecule has 8 heteroatoms. The van der Waals surface area contributed by atoms with Gasteiger partial charge in [-0.25, -0.2) is 17.8 Å². The lowest BCUT2D eigenvalue weighted by atomic mass is 10.2. The number of pyridine rings is 1. The molecule has 0 aliphatic carbocycles. The quantitative estimate of drug-likeness (QED) is 0.826. The van der Waals surface area contributed by atoms with Crippen molar-refractivity contribution in [1.29, 1.82) is 0 Å². The second-order valence-corrected chi connectivity index (χ2v) is 6.96. The Morgan fingerprint density at radius 3 is 2.70 bits per heavy atom. The number of sulfonamides is 1. The molecule has 0 aliphatic rings. The van der Waals surface area contributed by atoms with Crippen molar-refractivity contribution < 1.29 is 12.8 Å². The Kier molecular flexibility index (Phi) is 4.31. The third kappa shape index (κ3) is 3.28. The van der Waals surface area contributed by atoms with Gasteiger partial charge < -0.3 is 0 Å². The van der Waals surface area contributed by atoms with E-state index in [9.17, 15) is 12.8 Å². The molecule has 0 saturated carbocycles. The van der Waals surface area contributed by atoms with Gasteiger partial charge in [-0.2, -0.15) is 0 Å². The molecule has 4 nitrogen and oxygen atoms in total. The second-order valence-electron chi connectivity index (χ2n) is 4.01. The van der Waals surface area contributed by atoms with Crippen molar-refractivity contribution in [3.05, 3.63) is 51.5 Å². The average Bonchev–Trinajstić information content (AvgIpc) is 2.36. The molecular formula is C12H9BrClFN2O2S. The van der Waals surface area contributed by atoms with Gasteiger partial charge >= 0.3 is 0 Å². The number of hydrogen-bond donors (Lipinski definition) is 1. The van der Waals surface area contributed by atoms with E-state index >= 15 is 0 Å². The summed E-state index contributed by atoms with van der Waals surface area (Å²) in [6, 6.07) is 5.14. The average molecular weight is 380 g/mol. The van der Waals surface area contributed by atoms with E-state index in [0.29, 0.717) is 10.0 Å². The minimum Gasteiger partial charge on any atom is -0.276 e. The van der Waals surface area contributed by atoms with Crippen LogP contribution in [-0.2, 0) is 10.0 Å². The first-order chi connectivity index (χ1) is 9.29. The summed E-state index contributed by atoms with van der Waals surface area (Å²) in [5.74, 6) is -0.591. The molecule has 0 bridgehead atoms. The van der Waals surface area contributed by atoms with Crippen LogP contribution in [0.15, 0.2) is 39.8 Å². The molecule has 1 aromatic carbocycles. The zero-order valence-electron chi connectivity index (χ0n) is 10.2. The summed E-state index contributed by atoms with van der Waals surface area (Å²) in [5, 5.41) is 0.00404. The third-order valence-corrected chi connectivity index (χ3v) is 4.60. The normalized spacial score (nSPS) is 11.4. The summed E-state index contributed by atoms with van der Waals surface area (Å²) in [7, 11) is -3.93. The van der Waals surface area contributed by atoms with Gasteiger partial charge in [0.05, 0.1) is 10.6 Å². The summed E-state index contributed by atoms with van der Waals surface area (Å²) < 4.78 is 40.6. The van der Waals surface area contributed by atoms with Gasteiger partial charge in [-0.15, -0.1) is 0 Å². The SMILES string of the molecule is Cc1ccc(S(=O)(=O)Nc2cc(Br)cnc2Cl)cc1F. The van der Waals surface area contributed by atoms with E-state index in [2.05, 4.69) is 25.6 Å². The summed E-state index contributed by atoms with van der Waals surface area (Å²) in [6.45, 7) is 1.55. The van der Waals surface area contributed by atoms with Crippen molar-refractivity contribution >= 4 is 43.2 Å². The van der Waals surface area contributed by atoms with Crippen LogP contribution < -0.4 is 4.72 Å². The van der Waals surface area contributed by atoms with Gasteiger partial charge in [0.1, 0.15) is 5.82 Å². The van der Waals surface area contributed by atoms with Crippen LogP contribution in [0.5, 0.6) is 0 Å². The van der Waals surface area contributed by atoms with Crippen LogP contribution in [0.25, 0.3) is 0 Å². The van der Waals surface area contributed by atoms with Gasteiger partial charge in [0.25, 0.3) is 10.0 Å². The van der Waals surface area contributed by atoms with E-state index in [1.54, 1.807) is 6.92 Å². The van der Waals surface area contributed by atoms with Crippen LogP contribution in [-0.4, -0.2) is 13.4 Å². The number of hydrogen-bond acceptors (Lipinski definition) is 3. The molecule has 106 valence electrons. The molecule has 1 N–H and O–H groups in total.